The van der Waals surface area contributed by atoms with Gasteiger partial charge in [0.1, 0.15) is 5.41 Å². The van der Waals surface area contributed by atoms with Crippen LogP contribution in [0.2, 0.25) is 0 Å². The zero-order valence-corrected chi connectivity index (χ0v) is 13.8. The molecular formula is C19H28O2. The van der Waals surface area contributed by atoms with E-state index in [-0.39, 0.29) is 11.4 Å². The minimum Gasteiger partial charge on any atom is -0.468 e. The summed E-state index contributed by atoms with van der Waals surface area (Å²) in [7, 11) is 1.52. The first-order valence-electron chi connectivity index (χ1n) is 8.08. The molecule has 1 saturated carbocycles. The predicted octanol–water partition coefficient (Wildman–Crippen LogP) is 4.72. The van der Waals surface area contributed by atoms with Gasteiger partial charge in [0.2, 0.25) is 0 Å². The number of ether oxygens (including phenoxy) is 1. The molecule has 2 rings (SSSR count). The molecule has 0 heterocycles. The lowest BCUT2D eigenvalue weighted by Crippen LogP contribution is -2.54. The lowest BCUT2D eigenvalue weighted by molar-refractivity contribution is -0.157. The van der Waals surface area contributed by atoms with E-state index in [9.17, 15) is 4.79 Å². The van der Waals surface area contributed by atoms with Crippen molar-refractivity contribution < 1.29 is 9.53 Å². The van der Waals surface area contributed by atoms with Crippen LogP contribution in [0.4, 0.5) is 0 Å². The lowest BCUT2D eigenvalue weighted by Gasteiger charge is -2.49. The molecule has 116 valence electrons. The summed E-state index contributed by atoms with van der Waals surface area (Å²) in [6.45, 7) is 6.52. The number of carbonyl (C=O) groups is 1. The fourth-order valence-electron chi connectivity index (χ4n) is 4.27. The average molecular weight is 288 g/mol. The first kappa shape index (κ1) is 16.1. The van der Waals surface area contributed by atoms with Crippen molar-refractivity contribution >= 4 is 5.97 Å². The summed E-state index contributed by atoms with van der Waals surface area (Å²) in [5.74, 6) is 0.286. The zero-order valence-electron chi connectivity index (χ0n) is 13.8. The molecule has 0 radical (unpaired) electrons. The van der Waals surface area contributed by atoms with Crippen molar-refractivity contribution in [3.63, 3.8) is 0 Å². The second kappa shape index (κ2) is 6.21. The summed E-state index contributed by atoms with van der Waals surface area (Å²) in [6, 6.07) is 10.3. The third-order valence-corrected chi connectivity index (χ3v) is 5.14. The summed E-state index contributed by atoms with van der Waals surface area (Å²) in [5.41, 5.74) is 0.378. The molecule has 1 fully saturated rings. The molecule has 0 saturated heterocycles. The van der Waals surface area contributed by atoms with Crippen LogP contribution in [-0.2, 0) is 14.9 Å². The Kier molecular flexibility index (Phi) is 4.75. The second-order valence-electron chi connectivity index (χ2n) is 7.25. The van der Waals surface area contributed by atoms with E-state index < -0.39 is 5.41 Å². The van der Waals surface area contributed by atoms with Gasteiger partial charge >= 0.3 is 5.97 Å². The Labute approximate surface area is 128 Å². The zero-order chi connectivity index (χ0) is 15.5. The van der Waals surface area contributed by atoms with Crippen LogP contribution < -0.4 is 0 Å². The highest BCUT2D eigenvalue weighted by atomic mass is 16.5. The molecule has 1 aromatic rings. The lowest BCUT2D eigenvalue weighted by atomic mass is 9.53. The minimum absolute atomic E-state index is 0.0758. The van der Waals surface area contributed by atoms with Crippen molar-refractivity contribution in [3.05, 3.63) is 35.9 Å². The van der Waals surface area contributed by atoms with Crippen molar-refractivity contribution in [2.24, 2.45) is 11.3 Å². The van der Waals surface area contributed by atoms with Crippen LogP contribution in [0.3, 0.4) is 0 Å². The number of hydrogen-bond donors (Lipinski definition) is 0. The molecule has 1 unspecified atom stereocenters. The largest absolute Gasteiger partial charge is 0.468 e. The van der Waals surface area contributed by atoms with Gasteiger partial charge in [-0.2, -0.15) is 0 Å². The Hall–Kier alpha value is -1.31. The van der Waals surface area contributed by atoms with Crippen molar-refractivity contribution in [2.75, 3.05) is 7.11 Å². The van der Waals surface area contributed by atoms with E-state index in [4.69, 9.17) is 4.74 Å². The highest BCUT2D eigenvalue weighted by Gasteiger charge is 2.55. The Morgan fingerprint density at radius 3 is 2.10 bits per heavy atom. The molecular weight excluding hydrogens is 260 g/mol. The molecule has 0 amide bonds. The molecule has 0 aromatic heterocycles. The molecule has 0 aliphatic heterocycles. The first-order chi connectivity index (χ1) is 9.94. The average Bonchev–Trinajstić information content (AvgIpc) is 2.48. The predicted molar refractivity (Wildman–Crippen MR) is 86.2 cm³/mol. The van der Waals surface area contributed by atoms with Gasteiger partial charge in [-0.05, 0) is 29.7 Å². The topological polar surface area (TPSA) is 26.3 Å². The van der Waals surface area contributed by atoms with Crippen LogP contribution in [0.1, 0.15) is 58.4 Å². The fraction of sp³-hybridized carbons (Fsp3) is 0.632. The van der Waals surface area contributed by atoms with E-state index in [0.29, 0.717) is 5.92 Å². The third-order valence-electron chi connectivity index (χ3n) is 5.14. The van der Waals surface area contributed by atoms with Gasteiger partial charge in [0.25, 0.3) is 0 Å². The van der Waals surface area contributed by atoms with E-state index in [1.54, 1.807) is 0 Å². The Morgan fingerprint density at radius 1 is 1.05 bits per heavy atom. The molecule has 0 N–H and O–H groups in total. The Morgan fingerprint density at radius 2 is 1.62 bits per heavy atom. The van der Waals surface area contributed by atoms with Crippen LogP contribution >= 0.6 is 0 Å². The highest BCUT2D eigenvalue weighted by Crippen LogP contribution is 2.52. The summed E-state index contributed by atoms with van der Waals surface area (Å²) >= 11 is 0. The molecule has 1 aromatic carbocycles. The molecule has 0 spiro atoms. The maximum atomic E-state index is 13.0. The van der Waals surface area contributed by atoms with Crippen LogP contribution in [0.25, 0.3) is 0 Å². The monoisotopic (exact) mass is 288 g/mol. The molecule has 0 bridgehead atoms. The number of carbonyl (C=O) groups excluding carboxylic acids is 1. The standard InChI is InChI=1S/C19H28O2/c1-18(2,3)19(17(20)21-4,15-11-7-5-8-12-15)16-13-9-6-10-14-16/h5,7-8,11-12,16H,6,9-10,13-14H2,1-4H3. The smallest absolute Gasteiger partial charge is 0.317 e. The van der Waals surface area contributed by atoms with E-state index in [1.807, 2.05) is 18.2 Å². The Balaban J connectivity index is 2.62. The number of benzene rings is 1. The van der Waals surface area contributed by atoms with Gasteiger partial charge in [-0.1, -0.05) is 70.4 Å². The molecule has 2 heteroatoms. The van der Waals surface area contributed by atoms with Gasteiger partial charge in [0.15, 0.2) is 0 Å². The Bertz CT molecular complexity index is 466. The van der Waals surface area contributed by atoms with Crippen LogP contribution in [0.15, 0.2) is 30.3 Å². The maximum absolute atomic E-state index is 13.0. The van der Waals surface area contributed by atoms with E-state index in [2.05, 4.69) is 32.9 Å². The van der Waals surface area contributed by atoms with Crippen molar-refractivity contribution in [1.29, 1.82) is 0 Å². The number of rotatable bonds is 3. The van der Waals surface area contributed by atoms with E-state index in [1.165, 1.54) is 26.4 Å². The molecule has 1 aliphatic rings. The van der Waals surface area contributed by atoms with Crippen LogP contribution in [0, 0.1) is 11.3 Å². The van der Waals surface area contributed by atoms with Crippen LogP contribution in [-0.4, -0.2) is 13.1 Å². The normalized spacial score (nSPS) is 19.8. The van der Waals surface area contributed by atoms with Crippen molar-refractivity contribution in [1.82, 2.24) is 0 Å². The van der Waals surface area contributed by atoms with Crippen molar-refractivity contribution in [2.45, 2.75) is 58.3 Å². The number of esters is 1. The van der Waals surface area contributed by atoms with E-state index >= 15 is 0 Å². The molecule has 21 heavy (non-hydrogen) atoms. The quantitative estimate of drug-likeness (QED) is 0.752. The van der Waals surface area contributed by atoms with Gasteiger partial charge in [-0.25, -0.2) is 0 Å². The summed E-state index contributed by atoms with van der Waals surface area (Å²) in [6.07, 6.45) is 5.94. The van der Waals surface area contributed by atoms with Gasteiger partial charge in [-0.3, -0.25) is 4.79 Å². The van der Waals surface area contributed by atoms with Gasteiger partial charge < -0.3 is 4.74 Å². The number of methoxy groups -OCH3 is 1. The molecule has 2 nitrogen and oxygen atoms in total. The number of hydrogen-bond acceptors (Lipinski definition) is 2. The van der Waals surface area contributed by atoms with Crippen molar-refractivity contribution in [3.8, 4) is 0 Å². The summed E-state index contributed by atoms with van der Waals surface area (Å²) in [5, 5.41) is 0. The summed E-state index contributed by atoms with van der Waals surface area (Å²) in [4.78, 5) is 13.0. The first-order valence-corrected chi connectivity index (χ1v) is 8.08. The van der Waals surface area contributed by atoms with Crippen LogP contribution in [0.5, 0.6) is 0 Å². The van der Waals surface area contributed by atoms with Gasteiger partial charge in [-0.15, -0.1) is 0 Å². The van der Waals surface area contributed by atoms with E-state index in [0.717, 1.165) is 18.4 Å². The van der Waals surface area contributed by atoms with Gasteiger partial charge in [0, 0.05) is 0 Å². The maximum Gasteiger partial charge on any atom is 0.317 e. The second-order valence-corrected chi connectivity index (χ2v) is 7.25. The SMILES string of the molecule is COC(=O)C(c1ccccc1)(C1CCCCC1)C(C)(C)C. The third kappa shape index (κ3) is 2.73. The molecule has 1 aliphatic carbocycles. The summed E-state index contributed by atoms with van der Waals surface area (Å²) < 4.78 is 5.31. The van der Waals surface area contributed by atoms with Gasteiger partial charge in [0.05, 0.1) is 7.11 Å². The fourth-order valence-corrected chi connectivity index (χ4v) is 4.27. The minimum atomic E-state index is -0.552. The molecule has 1 atom stereocenters. The highest BCUT2D eigenvalue weighted by molar-refractivity contribution is 5.84.